The second-order valence-electron chi connectivity index (χ2n) is 4.91. The van der Waals surface area contributed by atoms with E-state index in [0.29, 0.717) is 11.3 Å². The average Bonchev–Trinajstić information content (AvgIpc) is 2.60. The fraction of sp³-hybridized carbons (Fsp3) is 0.118. The average molecular weight is 345 g/mol. The number of benzene rings is 2. The third kappa shape index (κ3) is 3.69. The second kappa shape index (κ2) is 7.35. The molecule has 0 aliphatic carbocycles. The van der Waals surface area contributed by atoms with E-state index in [1.54, 1.807) is 24.3 Å². The van der Waals surface area contributed by atoms with Crippen LogP contribution in [0, 0.1) is 10.1 Å². The van der Waals surface area contributed by atoms with Crippen LogP contribution < -0.4 is 9.47 Å². The normalized spacial score (nSPS) is 11.0. The lowest BCUT2D eigenvalue weighted by Gasteiger charge is -2.10. The molecule has 2 aromatic carbocycles. The van der Waals surface area contributed by atoms with Gasteiger partial charge in [-0.15, -0.1) is 0 Å². The molecule has 25 heavy (non-hydrogen) atoms. The Hall–Kier alpha value is -3.55. The van der Waals surface area contributed by atoms with Crippen LogP contribution in [-0.4, -0.2) is 35.3 Å². The second-order valence-corrected chi connectivity index (χ2v) is 4.91. The molecule has 0 aliphatic rings. The summed E-state index contributed by atoms with van der Waals surface area (Å²) in [5.41, 5.74) is -0.216. The maximum Gasteiger partial charge on any atom is 0.336 e. The highest BCUT2D eigenvalue weighted by atomic mass is 16.6. The third-order valence-corrected chi connectivity index (χ3v) is 3.43. The van der Waals surface area contributed by atoms with Gasteiger partial charge in [0.1, 0.15) is 5.75 Å². The smallest absolute Gasteiger partial charge is 0.336 e. The first-order chi connectivity index (χ1) is 11.9. The number of methoxy groups -OCH3 is 2. The third-order valence-electron chi connectivity index (χ3n) is 3.43. The molecule has 8 nitrogen and oxygen atoms in total. The molecule has 0 saturated carbocycles. The van der Waals surface area contributed by atoms with Crippen LogP contribution in [0.25, 0.3) is 11.6 Å². The van der Waals surface area contributed by atoms with Crippen molar-refractivity contribution in [1.29, 1.82) is 0 Å². The zero-order chi connectivity index (χ0) is 18.6. The number of hydrogen-bond donors (Lipinski definition) is 2. The Kier molecular flexibility index (Phi) is 5.23. The van der Waals surface area contributed by atoms with Crippen LogP contribution in [0.15, 0.2) is 36.4 Å². The Bertz CT molecular complexity index is 858. The number of carboxylic acid groups (broad SMARTS) is 1. The van der Waals surface area contributed by atoms with Crippen molar-refractivity contribution in [2.24, 2.45) is 0 Å². The molecule has 0 aliphatic heterocycles. The van der Waals surface area contributed by atoms with Crippen molar-refractivity contribution in [3.63, 3.8) is 0 Å². The van der Waals surface area contributed by atoms with Gasteiger partial charge in [-0.3, -0.25) is 10.1 Å². The van der Waals surface area contributed by atoms with E-state index in [1.807, 2.05) is 0 Å². The first-order valence-electron chi connectivity index (χ1n) is 7.02. The summed E-state index contributed by atoms with van der Waals surface area (Å²) in [5, 5.41) is 30.4. The molecule has 0 bridgehead atoms. The summed E-state index contributed by atoms with van der Waals surface area (Å²) < 4.78 is 10.1. The van der Waals surface area contributed by atoms with Crippen LogP contribution in [-0.2, 0) is 4.79 Å². The summed E-state index contributed by atoms with van der Waals surface area (Å²) in [5.74, 6) is -1.65. The Balaban J connectivity index is 2.68. The molecule has 0 atom stereocenters. The fourth-order valence-corrected chi connectivity index (χ4v) is 2.28. The topological polar surface area (TPSA) is 119 Å². The summed E-state index contributed by atoms with van der Waals surface area (Å²) in [6.07, 6.45) is 1.25. The fourth-order valence-electron chi connectivity index (χ4n) is 2.28. The summed E-state index contributed by atoms with van der Waals surface area (Å²) in [6.45, 7) is 0. The van der Waals surface area contributed by atoms with E-state index in [9.17, 15) is 25.1 Å². The zero-order valence-electron chi connectivity index (χ0n) is 13.4. The quantitative estimate of drug-likeness (QED) is 0.357. The van der Waals surface area contributed by atoms with E-state index in [2.05, 4.69) is 0 Å². The molecular weight excluding hydrogens is 330 g/mol. The number of aliphatic carboxylic acids is 1. The molecule has 0 radical (unpaired) electrons. The first-order valence-corrected chi connectivity index (χ1v) is 7.02. The number of nitrogens with zero attached hydrogens (tertiary/aromatic N) is 1. The Morgan fingerprint density at radius 3 is 2.36 bits per heavy atom. The lowest BCUT2D eigenvalue weighted by Crippen LogP contribution is -2.02. The number of nitro benzene ring substituents is 1. The van der Waals surface area contributed by atoms with Crippen molar-refractivity contribution in [2.75, 3.05) is 14.2 Å². The minimum absolute atomic E-state index is 0.125. The van der Waals surface area contributed by atoms with E-state index in [4.69, 9.17) is 9.47 Å². The van der Waals surface area contributed by atoms with E-state index in [0.717, 1.165) is 6.07 Å². The van der Waals surface area contributed by atoms with Crippen LogP contribution in [0.1, 0.15) is 11.1 Å². The van der Waals surface area contributed by atoms with Gasteiger partial charge < -0.3 is 19.7 Å². The number of ether oxygens (including phenoxy) is 2. The van der Waals surface area contributed by atoms with Crippen LogP contribution in [0.4, 0.5) is 5.69 Å². The number of rotatable bonds is 6. The molecule has 0 fully saturated rings. The minimum atomic E-state index is -1.24. The van der Waals surface area contributed by atoms with Crippen molar-refractivity contribution in [3.05, 3.63) is 57.6 Å². The predicted octanol–water partition coefficient (Wildman–Crippen LogP) is 2.94. The Morgan fingerprint density at radius 1 is 1.16 bits per heavy atom. The lowest BCUT2D eigenvalue weighted by molar-refractivity contribution is -0.386. The number of phenolic OH excluding ortho intramolecular Hbond substituents is 1. The van der Waals surface area contributed by atoms with Gasteiger partial charge >= 0.3 is 11.7 Å². The maximum absolute atomic E-state index is 11.7. The van der Waals surface area contributed by atoms with E-state index < -0.39 is 22.3 Å². The monoisotopic (exact) mass is 345 g/mol. The van der Waals surface area contributed by atoms with Gasteiger partial charge in [0.25, 0.3) is 0 Å². The number of carbonyl (C=O) groups is 1. The summed E-state index contributed by atoms with van der Waals surface area (Å²) in [7, 11) is 2.65. The van der Waals surface area contributed by atoms with Crippen LogP contribution in [0.2, 0.25) is 0 Å². The molecule has 0 heterocycles. The van der Waals surface area contributed by atoms with Crippen molar-refractivity contribution >= 4 is 23.3 Å². The minimum Gasteiger partial charge on any atom is -0.500 e. The first kappa shape index (κ1) is 17.8. The van der Waals surface area contributed by atoms with E-state index in [-0.39, 0.29) is 16.9 Å². The van der Waals surface area contributed by atoms with Gasteiger partial charge in [0.2, 0.25) is 5.75 Å². The Labute approximate surface area is 142 Å². The summed E-state index contributed by atoms with van der Waals surface area (Å²) in [4.78, 5) is 22.0. The highest BCUT2D eigenvalue weighted by Crippen LogP contribution is 2.38. The van der Waals surface area contributed by atoms with Gasteiger partial charge in [0.05, 0.1) is 24.7 Å². The molecule has 2 aromatic rings. The highest BCUT2D eigenvalue weighted by Gasteiger charge is 2.21. The molecule has 8 heteroatoms. The summed E-state index contributed by atoms with van der Waals surface area (Å²) >= 11 is 0. The van der Waals surface area contributed by atoms with Crippen molar-refractivity contribution in [1.82, 2.24) is 0 Å². The summed E-state index contributed by atoms with van der Waals surface area (Å²) in [6, 6.07) is 8.87. The molecule has 0 unspecified atom stereocenters. The van der Waals surface area contributed by atoms with Crippen LogP contribution >= 0.6 is 0 Å². The highest BCUT2D eigenvalue weighted by molar-refractivity contribution is 6.21. The van der Waals surface area contributed by atoms with Crippen molar-refractivity contribution < 1.29 is 29.4 Å². The largest absolute Gasteiger partial charge is 0.500 e. The lowest BCUT2D eigenvalue weighted by atomic mass is 10.0. The number of phenols is 1. The van der Waals surface area contributed by atoms with E-state index >= 15 is 0 Å². The number of nitro groups is 1. The maximum atomic E-state index is 11.7. The molecule has 2 rings (SSSR count). The van der Waals surface area contributed by atoms with Crippen LogP contribution in [0.3, 0.4) is 0 Å². The molecule has 0 spiro atoms. The zero-order valence-corrected chi connectivity index (χ0v) is 13.4. The number of carboxylic acids is 1. The van der Waals surface area contributed by atoms with Crippen molar-refractivity contribution in [2.45, 2.75) is 0 Å². The molecule has 2 N–H and O–H groups in total. The van der Waals surface area contributed by atoms with Gasteiger partial charge in [0, 0.05) is 11.6 Å². The Morgan fingerprint density at radius 2 is 1.80 bits per heavy atom. The molecule has 130 valence electrons. The SMILES string of the molecule is COc1ccccc1/C(=C/c1cc(OC)c(O)c([N+](=O)[O-])c1)C(=O)O. The van der Waals surface area contributed by atoms with Crippen molar-refractivity contribution in [3.8, 4) is 17.2 Å². The van der Waals surface area contributed by atoms with Gasteiger partial charge in [-0.25, -0.2) is 4.79 Å². The predicted molar refractivity (Wildman–Crippen MR) is 89.8 cm³/mol. The molecule has 0 amide bonds. The number of para-hydroxylation sites is 1. The number of aromatic hydroxyl groups is 1. The molecule has 0 aromatic heterocycles. The number of hydrogen-bond acceptors (Lipinski definition) is 6. The van der Waals surface area contributed by atoms with Gasteiger partial charge in [0.15, 0.2) is 5.75 Å². The van der Waals surface area contributed by atoms with Gasteiger partial charge in [-0.05, 0) is 23.8 Å². The molecule has 0 saturated heterocycles. The standard InChI is InChI=1S/C17H15NO7/c1-24-14-6-4-3-5-11(14)12(17(20)21)7-10-8-13(18(22)23)16(19)15(9-10)25-2/h3-9,19H,1-2H3,(H,20,21)/b12-7-. The van der Waals surface area contributed by atoms with Gasteiger partial charge in [-0.1, -0.05) is 18.2 Å². The van der Waals surface area contributed by atoms with Crippen LogP contribution in [0.5, 0.6) is 17.2 Å². The molecular formula is C17H15NO7. The van der Waals surface area contributed by atoms with Gasteiger partial charge in [-0.2, -0.15) is 0 Å². The van der Waals surface area contributed by atoms with E-state index in [1.165, 1.54) is 26.4 Å².